The molecule has 0 bridgehead atoms. The fraction of sp³-hybridized carbons (Fsp3) is 0.643. The zero-order valence-electron chi connectivity index (χ0n) is 11.4. The van der Waals surface area contributed by atoms with Gasteiger partial charge in [-0.2, -0.15) is 0 Å². The zero-order valence-corrected chi connectivity index (χ0v) is 11.4. The van der Waals surface area contributed by atoms with E-state index >= 15 is 0 Å². The lowest BCUT2D eigenvalue weighted by Gasteiger charge is -2.08. The van der Waals surface area contributed by atoms with Crippen molar-refractivity contribution in [3.8, 4) is 0 Å². The fourth-order valence-electron chi connectivity index (χ4n) is 1.42. The number of aromatic nitrogens is 1. The third-order valence-corrected chi connectivity index (χ3v) is 2.30. The summed E-state index contributed by atoms with van der Waals surface area (Å²) in [5.74, 6) is 0.589. The van der Waals surface area contributed by atoms with E-state index < -0.39 is 0 Å². The van der Waals surface area contributed by atoms with Crippen LogP contribution in [0.3, 0.4) is 0 Å². The lowest BCUT2D eigenvalue weighted by atomic mass is 10.2. The molecule has 0 spiro atoms. The van der Waals surface area contributed by atoms with Crippen LogP contribution in [0.25, 0.3) is 0 Å². The molecule has 0 saturated carbocycles. The van der Waals surface area contributed by atoms with E-state index in [2.05, 4.69) is 30.2 Å². The molecular formula is C14H24N2O2. The summed E-state index contributed by atoms with van der Waals surface area (Å²) in [6.45, 7) is 8.84. The maximum absolute atomic E-state index is 5.45. The Kier molecular flexibility index (Phi) is 8.38. The Morgan fingerprint density at radius 1 is 1.22 bits per heavy atom. The lowest BCUT2D eigenvalue weighted by molar-refractivity contribution is 0.0387. The molecule has 0 radical (unpaired) electrons. The zero-order chi connectivity index (χ0) is 13.1. The average molecular weight is 252 g/mol. The van der Waals surface area contributed by atoms with Crippen LogP contribution in [0.2, 0.25) is 0 Å². The monoisotopic (exact) mass is 252 g/mol. The molecule has 1 aromatic heterocycles. The first-order valence-corrected chi connectivity index (χ1v) is 6.54. The summed E-state index contributed by atoms with van der Waals surface area (Å²) in [6, 6.07) is 4.00. The number of pyridine rings is 1. The van der Waals surface area contributed by atoms with E-state index in [0.29, 0.717) is 25.7 Å². The normalized spacial score (nSPS) is 11.1. The second-order valence-corrected chi connectivity index (χ2v) is 4.62. The Balaban J connectivity index is 1.84. The highest BCUT2D eigenvalue weighted by molar-refractivity contribution is 5.07. The Morgan fingerprint density at radius 3 is 2.78 bits per heavy atom. The van der Waals surface area contributed by atoms with Crippen LogP contribution in [-0.4, -0.2) is 38.0 Å². The van der Waals surface area contributed by atoms with Gasteiger partial charge in [-0.05, 0) is 17.5 Å². The molecule has 0 saturated heterocycles. The van der Waals surface area contributed by atoms with Crippen molar-refractivity contribution in [3.63, 3.8) is 0 Å². The van der Waals surface area contributed by atoms with Crippen LogP contribution in [-0.2, 0) is 16.0 Å². The molecule has 1 aromatic rings. The molecule has 0 aliphatic rings. The SMILES string of the molecule is CC(C)COCCOCCNCc1cccnc1. The van der Waals surface area contributed by atoms with E-state index in [-0.39, 0.29) is 0 Å². The number of hydrogen-bond acceptors (Lipinski definition) is 4. The number of ether oxygens (including phenoxy) is 2. The third-order valence-electron chi connectivity index (χ3n) is 2.30. The lowest BCUT2D eigenvalue weighted by Crippen LogP contribution is -2.20. The molecule has 0 aliphatic heterocycles. The topological polar surface area (TPSA) is 43.4 Å². The van der Waals surface area contributed by atoms with Crippen molar-refractivity contribution in [1.82, 2.24) is 10.3 Å². The maximum atomic E-state index is 5.45. The van der Waals surface area contributed by atoms with Gasteiger partial charge in [-0.15, -0.1) is 0 Å². The van der Waals surface area contributed by atoms with Gasteiger partial charge in [0.2, 0.25) is 0 Å². The first-order valence-electron chi connectivity index (χ1n) is 6.54. The molecule has 4 heteroatoms. The predicted octanol–water partition coefficient (Wildman–Crippen LogP) is 1.86. The molecular weight excluding hydrogens is 228 g/mol. The summed E-state index contributed by atoms with van der Waals surface area (Å²) in [6.07, 6.45) is 3.65. The van der Waals surface area contributed by atoms with Crippen LogP contribution in [0.1, 0.15) is 19.4 Å². The minimum Gasteiger partial charge on any atom is -0.379 e. The van der Waals surface area contributed by atoms with Crippen molar-refractivity contribution in [2.75, 3.05) is 33.0 Å². The Morgan fingerprint density at radius 2 is 2.06 bits per heavy atom. The highest BCUT2D eigenvalue weighted by Gasteiger charge is 1.94. The molecule has 4 nitrogen and oxygen atoms in total. The van der Waals surface area contributed by atoms with E-state index in [9.17, 15) is 0 Å². The summed E-state index contributed by atoms with van der Waals surface area (Å²) in [4.78, 5) is 4.06. The molecule has 102 valence electrons. The largest absolute Gasteiger partial charge is 0.379 e. The van der Waals surface area contributed by atoms with Gasteiger partial charge in [0.1, 0.15) is 0 Å². The first-order chi connectivity index (χ1) is 8.79. The minimum absolute atomic E-state index is 0.589. The van der Waals surface area contributed by atoms with E-state index in [0.717, 1.165) is 19.7 Å². The van der Waals surface area contributed by atoms with Crippen LogP contribution >= 0.6 is 0 Å². The molecule has 0 aromatic carbocycles. The number of nitrogens with one attached hydrogen (secondary N) is 1. The smallest absolute Gasteiger partial charge is 0.0701 e. The van der Waals surface area contributed by atoms with Gasteiger partial charge < -0.3 is 14.8 Å². The van der Waals surface area contributed by atoms with Crippen LogP contribution < -0.4 is 5.32 Å². The predicted molar refractivity (Wildman–Crippen MR) is 72.4 cm³/mol. The molecule has 18 heavy (non-hydrogen) atoms. The summed E-state index contributed by atoms with van der Waals surface area (Å²) in [7, 11) is 0. The highest BCUT2D eigenvalue weighted by Crippen LogP contribution is 1.94. The quantitative estimate of drug-likeness (QED) is 0.646. The summed E-state index contributed by atoms with van der Waals surface area (Å²) in [5.41, 5.74) is 1.19. The first kappa shape index (κ1) is 15.1. The van der Waals surface area contributed by atoms with Gasteiger partial charge in [-0.1, -0.05) is 19.9 Å². The van der Waals surface area contributed by atoms with Gasteiger partial charge in [-0.25, -0.2) is 0 Å². The number of rotatable bonds is 10. The fourth-order valence-corrected chi connectivity index (χ4v) is 1.42. The highest BCUT2D eigenvalue weighted by atomic mass is 16.5. The molecule has 0 fully saturated rings. The van der Waals surface area contributed by atoms with Crippen LogP contribution in [0.5, 0.6) is 0 Å². The third kappa shape index (κ3) is 8.17. The van der Waals surface area contributed by atoms with Gasteiger partial charge in [0.15, 0.2) is 0 Å². The second kappa shape index (κ2) is 10.00. The molecule has 0 unspecified atom stereocenters. The van der Waals surface area contributed by atoms with Crippen molar-refractivity contribution in [1.29, 1.82) is 0 Å². The Labute approximate surface area is 110 Å². The molecule has 1 heterocycles. The molecule has 1 rings (SSSR count). The summed E-state index contributed by atoms with van der Waals surface area (Å²) < 4.78 is 10.9. The van der Waals surface area contributed by atoms with E-state index in [1.165, 1.54) is 5.56 Å². The average Bonchev–Trinajstić information content (AvgIpc) is 2.37. The Bertz CT molecular complexity index is 291. The van der Waals surface area contributed by atoms with Crippen LogP contribution in [0.15, 0.2) is 24.5 Å². The number of hydrogen-bond donors (Lipinski definition) is 1. The van der Waals surface area contributed by atoms with Gasteiger partial charge in [0.05, 0.1) is 19.8 Å². The van der Waals surface area contributed by atoms with Crippen molar-refractivity contribution < 1.29 is 9.47 Å². The second-order valence-electron chi connectivity index (χ2n) is 4.62. The van der Waals surface area contributed by atoms with Gasteiger partial charge in [-0.3, -0.25) is 4.98 Å². The molecule has 1 N–H and O–H groups in total. The van der Waals surface area contributed by atoms with E-state index in [4.69, 9.17) is 9.47 Å². The van der Waals surface area contributed by atoms with E-state index in [1.807, 2.05) is 12.3 Å². The van der Waals surface area contributed by atoms with Gasteiger partial charge in [0.25, 0.3) is 0 Å². The summed E-state index contributed by atoms with van der Waals surface area (Å²) in [5, 5.41) is 3.30. The van der Waals surface area contributed by atoms with Crippen LogP contribution in [0.4, 0.5) is 0 Å². The minimum atomic E-state index is 0.589. The molecule has 0 aliphatic carbocycles. The van der Waals surface area contributed by atoms with Gasteiger partial charge >= 0.3 is 0 Å². The number of nitrogens with zero attached hydrogens (tertiary/aromatic N) is 1. The van der Waals surface area contributed by atoms with E-state index in [1.54, 1.807) is 6.20 Å². The standard InChI is InChI=1S/C14H24N2O2/c1-13(2)12-18-9-8-17-7-6-16-11-14-4-3-5-15-10-14/h3-5,10,13,16H,6-9,11-12H2,1-2H3. The van der Waals surface area contributed by atoms with Crippen molar-refractivity contribution in [2.24, 2.45) is 5.92 Å². The molecule has 0 atom stereocenters. The van der Waals surface area contributed by atoms with Crippen molar-refractivity contribution in [2.45, 2.75) is 20.4 Å². The van der Waals surface area contributed by atoms with Gasteiger partial charge in [0, 0.05) is 32.1 Å². The van der Waals surface area contributed by atoms with Crippen molar-refractivity contribution >= 4 is 0 Å². The Hall–Kier alpha value is -0.970. The summed E-state index contributed by atoms with van der Waals surface area (Å²) >= 11 is 0. The van der Waals surface area contributed by atoms with Crippen molar-refractivity contribution in [3.05, 3.63) is 30.1 Å². The van der Waals surface area contributed by atoms with Crippen LogP contribution in [0, 0.1) is 5.92 Å². The molecule has 0 amide bonds. The maximum Gasteiger partial charge on any atom is 0.0701 e.